The monoisotopic (exact) mass is 277 g/mol. The van der Waals surface area contributed by atoms with Crippen LogP contribution >= 0.6 is 0 Å². The molecule has 0 aromatic carbocycles. The van der Waals surface area contributed by atoms with Crippen molar-refractivity contribution in [2.24, 2.45) is 23.2 Å². The topological polar surface area (TPSA) is 60.8 Å². The van der Waals surface area contributed by atoms with Crippen molar-refractivity contribution in [2.75, 3.05) is 13.1 Å². The molecule has 6 atom stereocenters. The summed E-state index contributed by atoms with van der Waals surface area (Å²) < 4.78 is 0. The Balaban J connectivity index is 1.96. The molecule has 2 bridgehead atoms. The number of ketones is 1. The van der Waals surface area contributed by atoms with Crippen molar-refractivity contribution in [1.29, 1.82) is 0 Å². The first-order valence-corrected chi connectivity index (χ1v) is 7.93. The van der Waals surface area contributed by atoms with Gasteiger partial charge in [-0.15, -0.1) is 0 Å². The molecule has 2 heterocycles. The third-order valence-corrected chi connectivity index (χ3v) is 6.30. The second kappa shape index (κ2) is 4.08. The lowest BCUT2D eigenvalue weighted by molar-refractivity contribution is -0.126. The van der Waals surface area contributed by atoms with E-state index < -0.39 is 17.6 Å². The Morgan fingerprint density at radius 2 is 2.10 bits per heavy atom. The zero-order valence-corrected chi connectivity index (χ0v) is 12.0. The molecule has 2 aliphatic heterocycles. The number of carbonyl (C=O) groups is 1. The van der Waals surface area contributed by atoms with Crippen LogP contribution in [0, 0.1) is 23.2 Å². The smallest absolute Gasteiger partial charge is 0.137 e. The molecule has 0 amide bonds. The molecule has 1 spiro atoms. The maximum Gasteiger partial charge on any atom is 0.137 e. The first-order valence-electron chi connectivity index (χ1n) is 7.93. The summed E-state index contributed by atoms with van der Waals surface area (Å²) in [6.07, 6.45) is 4.20. The number of aliphatic hydroxyl groups is 2. The Morgan fingerprint density at radius 3 is 2.90 bits per heavy atom. The lowest BCUT2D eigenvalue weighted by atomic mass is 9.57. The van der Waals surface area contributed by atoms with Gasteiger partial charge in [0.25, 0.3) is 0 Å². The fourth-order valence-electron chi connectivity index (χ4n) is 5.47. The summed E-state index contributed by atoms with van der Waals surface area (Å²) in [5, 5.41) is 21.4. The van der Waals surface area contributed by atoms with Crippen molar-refractivity contribution in [3.63, 3.8) is 0 Å². The highest BCUT2D eigenvalue weighted by atomic mass is 16.3. The summed E-state index contributed by atoms with van der Waals surface area (Å²) in [7, 11) is 0. The maximum atomic E-state index is 12.5. The molecule has 0 radical (unpaired) electrons. The van der Waals surface area contributed by atoms with Gasteiger partial charge in [0.15, 0.2) is 0 Å². The summed E-state index contributed by atoms with van der Waals surface area (Å²) in [5.74, 6) is 0.157. The molecule has 4 rings (SSSR count). The number of hydrogen-bond acceptors (Lipinski definition) is 4. The van der Waals surface area contributed by atoms with E-state index in [9.17, 15) is 15.0 Å². The molecular formula is C16H23NO3. The molecule has 2 saturated heterocycles. The van der Waals surface area contributed by atoms with Crippen molar-refractivity contribution in [1.82, 2.24) is 4.90 Å². The van der Waals surface area contributed by atoms with E-state index in [1.165, 1.54) is 5.70 Å². The zero-order valence-electron chi connectivity index (χ0n) is 12.0. The van der Waals surface area contributed by atoms with Crippen LogP contribution in [0.4, 0.5) is 0 Å². The largest absolute Gasteiger partial charge is 0.392 e. The highest BCUT2D eigenvalue weighted by Crippen LogP contribution is 2.62. The number of Topliss-reactive ketones (excluding diaryl/α,β-unsaturated/α-hetero) is 1. The number of nitrogens with zero attached hydrogens (tertiary/aromatic N) is 1. The Hall–Kier alpha value is -0.870. The Labute approximate surface area is 119 Å². The molecule has 110 valence electrons. The van der Waals surface area contributed by atoms with Gasteiger partial charge in [0.05, 0.1) is 17.6 Å². The van der Waals surface area contributed by atoms with Crippen LogP contribution in [0.15, 0.2) is 11.8 Å². The van der Waals surface area contributed by atoms with Gasteiger partial charge in [0, 0.05) is 43.0 Å². The Morgan fingerprint density at radius 1 is 1.30 bits per heavy atom. The van der Waals surface area contributed by atoms with Crippen LogP contribution in [0.25, 0.3) is 0 Å². The summed E-state index contributed by atoms with van der Waals surface area (Å²) in [4.78, 5) is 14.9. The molecule has 0 aromatic rings. The van der Waals surface area contributed by atoms with Gasteiger partial charge < -0.3 is 15.1 Å². The lowest BCUT2D eigenvalue weighted by Crippen LogP contribution is -2.58. The minimum absolute atomic E-state index is 0.0700. The van der Waals surface area contributed by atoms with Crippen molar-refractivity contribution in [3.8, 4) is 0 Å². The van der Waals surface area contributed by atoms with E-state index in [1.807, 2.05) is 6.92 Å². The van der Waals surface area contributed by atoms with Crippen LogP contribution in [-0.2, 0) is 4.79 Å². The predicted octanol–water partition coefficient (Wildman–Crippen LogP) is 0.933. The fourth-order valence-corrected chi connectivity index (χ4v) is 5.47. The summed E-state index contributed by atoms with van der Waals surface area (Å²) in [6.45, 7) is 3.89. The van der Waals surface area contributed by atoms with Crippen LogP contribution < -0.4 is 0 Å². The minimum atomic E-state index is -0.500. The van der Waals surface area contributed by atoms with E-state index in [0.29, 0.717) is 6.42 Å². The lowest BCUT2D eigenvalue weighted by Gasteiger charge is -2.55. The van der Waals surface area contributed by atoms with Crippen LogP contribution in [0.1, 0.15) is 32.6 Å². The quantitative estimate of drug-likeness (QED) is 0.691. The number of piperidine rings is 1. The van der Waals surface area contributed by atoms with Gasteiger partial charge in [-0.3, -0.25) is 4.79 Å². The average Bonchev–Trinajstić information content (AvgIpc) is 2.64. The normalized spacial score (nSPS) is 50.5. The van der Waals surface area contributed by atoms with Crippen molar-refractivity contribution in [3.05, 3.63) is 11.8 Å². The number of rotatable bonds is 0. The average molecular weight is 277 g/mol. The van der Waals surface area contributed by atoms with Gasteiger partial charge in [0.1, 0.15) is 5.78 Å². The first-order chi connectivity index (χ1) is 9.56. The van der Waals surface area contributed by atoms with E-state index in [0.717, 1.165) is 32.4 Å². The standard InChI is InChI=1S/C16H23NO3/c1-9-7-13-16-10(12(18)8-11(16)15(9)20)3-2-5-17(13)6-4-14(16)19/h7,9-11,14-15,19-20H,2-6,8H2,1H3/t9-,10+,11+,14-,15+,16?/m0/s1. The van der Waals surface area contributed by atoms with Gasteiger partial charge in [-0.1, -0.05) is 13.0 Å². The second-order valence-electron chi connectivity index (χ2n) is 7.10. The molecule has 3 fully saturated rings. The summed E-state index contributed by atoms with van der Waals surface area (Å²) in [6, 6.07) is 0. The first kappa shape index (κ1) is 12.8. The van der Waals surface area contributed by atoms with Gasteiger partial charge in [-0.05, 0) is 19.3 Å². The molecule has 20 heavy (non-hydrogen) atoms. The van der Waals surface area contributed by atoms with E-state index in [-0.39, 0.29) is 23.5 Å². The molecule has 2 N–H and O–H groups in total. The highest BCUT2D eigenvalue weighted by molar-refractivity contribution is 5.86. The third kappa shape index (κ3) is 1.32. The third-order valence-electron chi connectivity index (χ3n) is 6.30. The number of carbonyl (C=O) groups excluding carboxylic acids is 1. The number of aliphatic hydroxyl groups excluding tert-OH is 2. The van der Waals surface area contributed by atoms with Crippen LogP contribution in [0.5, 0.6) is 0 Å². The Kier molecular flexibility index (Phi) is 2.62. The van der Waals surface area contributed by atoms with Crippen LogP contribution in [-0.4, -0.2) is 46.2 Å². The molecule has 4 nitrogen and oxygen atoms in total. The van der Waals surface area contributed by atoms with Crippen molar-refractivity contribution < 1.29 is 15.0 Å². The van der Waals surface area contributed by atoms with Crippen molar-refractivity contribution in [2.45, 2.75) is 44.8 Å². The Bertz CT molecular complexity index is 488. The molecule has 4 aliphatic rings. The van der Waals surface area contributed by atoms with E-state index in [4.69, 9.17) is 0 Å². The van der Waals surface area contributed by atoms with Gasteiger partial charge in [-0.2, -0.15) is 0 Å². The van der Waals surface area contributed by atoms with Crippen molar-refractivity contribution >= 4 is 5.78 Å². The SMILES string of the molecule is C[C@H]1C=C2N3CCC[C@@H]4C(=O)C[C@H]([C@@H]1O)C24[C@@H](O)CC3. The fraction of sp³-hybridized carbons (Fsp3) is 0.812. The van der Waals surface area contributed by atoms with Gasteiger partial charge >= 0.3 is 0 Å². The molecule has 4 heteroatoms. The molecule has 0 aromatic heterocycles. The predicted molar refractivity (Wildman–Crippen MR) is 73.7 cm³/mol. The molecule has 1 saturated carbocycles. The van der Waals surface area contributed by atoms with E-state index in [1.54, 1.807) is 0 Å². The van der Waals surface area contributed by atoms with E-state index in [2.05, 4.69) is 11.0 Å². The summed E-state index contributed by atoms with van der Waals surface area (Å²) in [5.41, 5.74) is 0.685. The maximum absolute atomic E-state index is 12.5. The highest BCUT2D eigenvalue weighted by Gasteiger charge is 2.66. The minimum Gasteiger partial charge on any atom is -0.392 e. The van der Waals surface area contributed by atoms with Crippen LogP contribution in [0.3, 0.4) is 0 Å². The molecule has 2 aliphatic carbocycles. The molecule has 1 unspecified atom stereocenters. The molecular weight excluding hydrogens is 254 g/mol. The second-order valence-corrected chi connectivity index (χ2v) is 7.10. The summed E-state index contributed by atoms with van der Waals surface area (Å²) >= 11 is 0. The number of hydrogen-bond donors (Lipinski definition) is 2. The van der Waals surface area contributed by atoms with Gasteiger partial charge in [0.2, 0.25) is 0 Å². The van der Waals surface area contributed by atoms with E-state index >= 15 is 0 Å². The van der Waals surface area contributed by atoms with Crippen LogP contribution in [0.2, 0.25) is 0 Å². The van der Waals surface area contributed by atoms with Gasteiger partial charge in [-0.25, -0.2) is 0 Å². The zero-order chi connectivity index (χ0) is 14.1.